The molecule has 3 aliphatic carbocycles. The van der Waals surface area contributed by atoms with Crippen molar-refractivity contribution in [2.75, 3.05) is 0 Å². The molecule has 3 aliphatic rings. The quantitative estimate of drug-likeness (QED) is 0.446. The van der Waals surface area contributed by atoms with Crippen molar-refractivity contribution in [3.8, 4) is 0 Å². The van der Waals surface area contributed by atoms with Crippen molar-refractivity contribution < 1.29 is 0 Å². The van der Waals surface area contributed by atoms with E-state index >= 15 is 0 Å². The molecule has 8 heavy (non-hydrogen) atoms. The molecule has 0 bridgehead atoms. The normalized spacial score (nSPS) is 66.0. The molecule has 44 valence electrons. The number of fused-ring (bicyclic) bond motifs is 1. The highest BCUT2D eigenvalue weighted by atomic mass is 14.8. The molecule has 0 N–H and O–H groups in total. The van der Waals surface area contributed by atoms with Crippen LogP contribution in [0.15, 0.2) is 0 Å². The first kappa shape index (κ1) is 3.92. The summed E-state index contributed by atoms with van der Waals surface area (Å²) in [6, 6.07) is 0. The maximum atomic E-state index is 1.60. The predicted molar refractivity (Wildman–Crippen MR) is 32.5 cm³/mol. The van der Waals surface area contributed by atoms with E-state index in [1.54, 1.807) is 32.1 Å². The van der Waals surface area contributed by atoms with Crippen molar-refractivity contribution in [2.45, 2.75) is 32.1 Å². The van der Waals surface area contributed by atoms with E-state index in [4.69, 9.17) is 0 Å². The molecule has 0 amide bonds. The highest BCUT2D eigenvalue weighted by Gasteiger charge is 2.71. The van der Waals surface area contributed by atoms with Gasteiger partial charge < -0.3 is 0 Å². The van der Waals surface area contributed by atoms with Crippen LogP contribution in [-0.4, -0.2) is 0 Å². The largest absolute Gasteiger partial charge is 0.0525 e. The van der Waals surface area contributed by atoms with Crippen molar-refractivity contribution in [1.29, 1.82) is 0 Å². The van der Waals surface area contributed by atoms with Crippen LogP contribution in [0.5, 0.6) is 0 Å². The van der Waals surface area contributed by atoms with E-state index in [0.717, 1.165) is 5.41 Å². The second kappa shape index (κ2) is 0.872. The molecule has 0 radical (unpaired) electrons. The summed E-state index contributed by atoms with van der Waals surface area (Å²) in [7, 11) is 0. The minimum absolute atomic E-state index is 1.00. The van der Waals surface area contributed by atoms with Gasteiger partial charge in [-0.3, -0.25) is 0 Å². The molecule has 0 aromatic rings. The van der Waals surface area contributed by atoms with Crippen LogP contribution < -0.4 is 0 Å². The van der Waals surface area contributed by atoms with Crippen molar-refractivity contribution >= 4 is 0 Å². The van der Waals surface area contributed by atoms with E-state index in [-0.39, 0.29) is 0 Å². The summed E-state index contributed by atoms with van der Waals surface area (Å²) >= 11 is 0. The van der Waals surface area contributed by atoms with Crippen LogP contribution in [0.4, 0.5) is 0 Å². The number of hydrogen-bond acceptors (Lipinski definition) is 0. The minimum Gasteiger partial charge on any atom is -0.0525 e. The van der Waals surface area contributed by atoms with Gasteiger partial charge in [0.25, 0.3) is 0 Å². The average molecular weight is 108 g/mol. The molecule has 0 aliphatic heterocycles. The summed E-state index contributed by atoms with van der Waals surface area (Å²) in [4.78, 5) is 0. The molecular weight excluding hydrogens is 96.1 g/mol. The van der Waals surface area contributed by atoms with E-state index in [2.05, 4.69) is 0 Å². The van der Waals surface area contributed by atoms with Gasteiger partial charge in [0, 0.05) is 0 Å². The first-order valence-corrected chi connectivity index (χ1v) is 3.93. The Kier molecular flexibility index (Phi) is 0.427. The van der Waals surface area contributed by atoms with Gasteiger partial charge in [0.1, 0.15) is 0 Å². The summed E-state index contributed by atoms with van der Waals surface area (Å²) in [6.07, 6.45) is 7.93. The Morgan fingerprint density at radius 1 is 1.00 bits per heavy atom. The maximum absolute atomic E-state index is 1.60. The van der Waals surface area contributed by atoms with E-state index < -0.39 is 0 Å². The fourth-order valence-corrected chi connectivity index (χ4v) is 3.37. The third kappa shape index (κ3) is 0.206. The van der Waals surface area contributed by atoms with Crippen LogP contribution in [0.1, 0.15) is 32.1 Å². The van der Waals surface area contributed by atoms with Gasteiger partial charge >= 0.3 is 0 Å². The number of rotatable bonds is 0. The van der Waals surface area contributed by atoms with Crippen molar-refractivity contribution in [1.82, 2.24) is 0 Å². The molecule has 3 fully saturated rings. The summed E-state index contributed by atoms with van der Waals surface area (Å²) in [6.45, 7) is 0. The standard InChI is InChI=1S/C8H12/c1-2-6-7-3-5-8(6,7)4-1/h6-7H,1-5H2/t6-,7+,8-/m0/s1. The topological polar surface area (TPSA) is 0 Å². The van der Waals surface area contributed by atoms with Crippen molar-refractivity contribution in [3.63, 3.8) is 0 Å². The van der Waals surface area contributed by atoms with Gasteiger partial charge in [-0.2, -0.15) is 0 Å². The monoisotopic (exact) mass is 108 g/mol. The Labute approximate surface area is 50.3 Å². The van der Waals surface area contributed by atoms with Gasteiger partial charge in [-0.15, -0.1) is 0 Å². The molecule has 0 heteroatoms. The molecule has 3 rings (SSSR count). The first-order valence-electron chi connectivity index (χ1n) is 3.93. The molecule has 0 unspecified atom stereocenters. The molecular formula is C8H12. The molecule has 1 spiro atoms. The van der Waals surface area contributed by atoms with Gasteiger partial charge in [0.15, 0.2) is 0 Å². The Bertz CT molecular complexity index is 139. The summed E-state index contributed by atoms with van der Waals surface area (Å²) in [5.41, 5.74) is 1.00. The molecule has 3 atom stereocenters. The lowest BCUT2D eigenvalue weighted by atomic mass is 9.82. The zero-order valence-corrected chi connectivity index (χ0v) is 5.19. The minimum atomic E-state index is 1.00. The van der Waals surface area contributed by atoms with Crippen LogP contribution in [0, 0.1) is 17.3 Å². The Balaban J connectivity index is 2.00. The first-order chi connectivity index (χ1) is 3.93. The highest BCUT2D eigenvalue weighted by Crippen LogP contribution is 2.79. The Morgan fingerprint density at radius 3 is 2.25 bits per heavy atom. The van der Waals surface area contributed by atoms with E-state index in [9.17, 15) is 0 Å². The van der Waals surface area contributed by atoms with Gasteiger partial charge in [-0.1, -0.05) is 6.42 Å². The zero-order chi connectivity index (χ0) is 5.19. The lowest BCUT2D eigenvalue weighted by Crippen LogP contribution is -2.12. The molecule has 0 aromatic heterocycles. The lowest BCUT2D eigenvalue weighted by Gasteiger charge is -2.23. The van der Waals surface area contributed by atoms with E-state index in [1.807, 2.05) is 0 Å². The molecule has 0 heterocycles. The summed E-state index contributed by atoms with van der Waals surface area (Å²) < 4.78 is 0. The van der Waals surface area contributed by atoms with E-state index in [1.165, 1.54) is 11.8 Å². The van der Waals surface area contributed by atoms with E-state index in [0.29, 0.717) is 0 Å². The molecule has 0 saturated heterocycles. The molecule has 0 aromatic carbocycles. The number of hydrogen-bond donors (Lipinski definition) is 0. The summed E-state index contributed by atoms with van der Waals surface area (Å²) in [5, 5.41) is 0. The van der Waals surface area contributed by atoms with Gasteiger partial charge in [-0.05, 0) is 42.9 Å². The van der Waals surface area contributed by atoms with Crippen LogP contribution in [0.2, 0.25) is 0 Å². The Hall–Kier alpha value is 0. The average Bonchev–Trinajstić information content (AvgIpc) is 2.20. The second-order valence-electron chi connectivity index (χ2n) is 3.88. The maximum Gasteiger partial charge on any atom is -0.0235 e. The van der Waals surface area contributed by atoms with Gasteiger partial charge in [0.05, 0.1) is 0 Å². The molecule has 0 nitrogen and oxygen atoms in total. The third-order valence-corrected chi connectivity index (χ3v) is 3.93. The molecule has 3 saturated carbocycles. The van der Waals surface area contributed by atoms with Crippen molar-refractivity contribution in [2.24, 2.45) is 17.3 Å². The second-order valence-corrected chi connectivity index (χ2v) is 3.88. The third-order valence-electron chi connectivity index (χ3n) is 3.93. The Morgan fingerprint density at radius 2 is 1.88 bits per heavy atom. The van der Waals surface area contributed by atoms with Crippen LogP contribution >= 0.6 is 0 Å². The van der Waals surface area contributed by atoms with Gasteiger partial charge in [0.2, 0.25) is 0 Å². The lowest BCUT2D eigenvalue weighted by molar-refractivity contribution is 0.279. The summed E-state index contributed by atoms with van der Waals surface area (Å²) in [5.74, 6) is 2.48. The van der Waals surface area contributed by atoms with Crippen LogP contribution in [0.3, 0.4) is 0 Å². The fourth-order valence-electron chi connectivity index (χ4n) is 3.37. The van der Waals surface area contributed by atoms with Crippen molar-refractivity contribution in [3.05, 3.63) is 0 Å². The van der Waals surface area contributed by atoms with Crippen LogP contribution in [-0.2, 0) is 0 Å². The smallest absolute Gasteiger partial charge is 0.0235 e. The highest BCUT2D eigenvalue weighted by molar-refractivity contribution is 5.20. The predicted octanol–water partition coefficient (Wildman–Crippen LogP) is 2.20. The fraction of sp³-hybridized carbons (Fsp3) is 1.00. The van der Waals surface area contributed by atoms with Gasteiger partial charge in [-0.25, -0.2) is 0 Å². The van der Waals surface area contributed by atoms with Crippen LogP contribution in [0.25, 0.3) is 0 Å². The SMILES string of the molecule is C1C[C@H]2[C@H]3CC[C@]32C1. The zero-order valence-electron chi connectivity index (χ0n) is 5.19.